The molecular formula is C27H39N3O6S. The van der Waals surface area contributed by atoms with Crippen LogP contribution in [0.4, 0.5) is 10.5 Å². The van der Waals surface area contributed by atoms with Gasteiger partial charge >= 0.3 is 18.0 Å². The van der Waals surface area contributed by atoms with Crippen LogP contribution in [0.3, 0.4) is 0 Å². The first-order valence-corrected chi connectivity index (χ1v) is 14.0. The first kappa shape index (κ1) is 28.8. The molecule has 2 aliphatic heterocycles. The van der Waals surface area contributed by atoms with Gasteiger partial charge in [0.15, 0.2) is 0 Å². The number of methoxy groups -OCH3 is 1. The number of cyclic esters (lactones) is 1. The maximum absolute atomic E-state index is 13.0. The van der Waals surface area contributed by atoms with Gasteiger partial charge in [0, 0.05) is 42.4 Å². The third-order valence-corrected chi connectivity index (χ3v) is 8.17. The Hall–Kier alpha value is -2.72. The maximum Gasteiger partial charge on any atom is 0.341 e. The van der Waals surface area contributed by atoms with Gasteiger partial charge in [0.2, 0.25) is 0 Å². The molecule has 1 aromatic rings. The van der Waals surface area contributed by atoms with E-state index in [0.717, 1.165) is 35.9 Å². The topological polar surface area (TPSA) is 108 Å². The zero-order valence-electron chi connectivity index (χ0n) is 22.5. The summed E-state index contributed by atoms with van der Waals surface area (Å²) in [6.45, 7) is 10.6. The van der Waals surface area contributed by atoms with Crippen LogP contribution in [-0.4, -0.2) is 77.8 Å². The number of thioether (sulfide) groups is 1. The second-order valence-corrected chi connectivity index (χ2v) is 10.6. The van der Waals surface area contributed by atoms with Gasteiger partial charge < -0.3 is 24.8 Å². The fourth-order valence-corrected chi connectivity index (χ4v) is 5.95. The molecule has 0 radical (unpaired) electrons. The lowest BCUT2D eigenvalue weighted by molar-refractivity contribution is -0.142. The molecule has 2 amide bonds. The number of nitrogens with one attached hydrogen (secondary N) is 1. The zero-order valence-corrected chi connectivity index (χ0v) is 23.3. The van der Waals surface area contributed by atoms with Gasteiger partial charge in [0.05, 0.1) is 24.3 Å². The van der Waals surface area contributed by atoms with E-state index in [1.807, 2.05) is 45.5 Å². The number of urea groups is 1. The highest BCUT2D eigenvalue weighted by molar-refractivity contribution is 7.99. The number of esters is 1. The number of carbonyl (C=O) groups excluding carboxylic acids is 2. The van der Waals surface area contributed by atoms with Gasteiger partial charge in [-0.1, -0.05) is 11.6 Å². The van der Waals surface area contributed by atoms with Crippen LogP contribution >= 0.6 is 11.8 Å². The predicted octanol–water partition coefficient (Wildman–Crippen LogP) is 4.52. The molecule has 1 atom stereocenters. The fraction of sp³-hybridized carbons (Fsp3) is 0.593. The quantitative estimate of drug-likeness (QED) is 0.298. The molecule has 10 heteroatoms. The molecule has 2 heterocycles. The summed E-state index contributed by atoms with van der Waals surface area (Å²) in [4.78, 5) is 41.6. The van der Waals surface area contributed by atoms with E-state index in [2.05, 4.69) is 10.2 Å². The van der Waals surface area contributed by atoms with E-state index in [1.54, 1.807) is 12.0 Å². The molecule has 1 aromatic carbocycles. The number of nitrogens with zero attached hydrogens (tertiary/aromatic N) is 2. The molecular weight excluding hydrogens is 494 g/mol. The minimum Gasteiger partial charge on any atom is -0.496 e. The molecule has 0 aromatic heterocycles. The molecule has 0 aliphatic carbocycles. The van der Waals surface area contributed by atoms with Crippen LogP contribution in [0.2, 0.25) is 0 Å². The molecule has 3 rings (SSSR count). The van der Waals surface area contributed by atoms with Crippen LogP contribution < -0.4 is 10.1 Å². The summed E-state index contributed by atoms with van der Waals surface area (Å²) in [6, 6.07) is -0.300. The Kier molecular flexibility index (Phi) is 10.3. The van der Waals surface area contributed by atoms with Gasteiger partial charge in [-0.2, -0.15) is 0 Å². The Morgan fingerprint density at radius 2 is 2.05 bits per heavy atom. The Morgan fingerprint density at radius 1 is 1.32 bits per heavy atom. The van der Waals surface area contributed by atoms with E-state index in [0.29, 0.717) is 60.5 Å². The van der Waals surface area contributed by atoms with Gasteiger partial charge in [-0.05, 0) is 59.1 Å². The number of carboxylic acids is 1. The second kappa shape index (κ2) is 13.2. The minimum absolute atomic E-state index is 0.134. The van der Waals surface area contributed by atoms with Gasteiger partial charge in [-0.15, -0.1) is 11.8 Å². The van der Waals surface area contributed by atoms with E-state index in [4.69, 9.17) is 9.47 Å². The zero-order chi connectivity index (χ0) is 27.1. The summed E-state index contributed by atoms with van der Waals surface area (Å²) in [5, 5.41) is 12.8. The van der Waals surface area contributed by atoms with Crippen LogP contribution in [0.25, 0.3) is 0 Å². The van der Waals surface area contributed by atoms with E-state index in [1.165, 1.54) is 0 Å². The molecule has 0 spiro atoms. The molecule has 37 heavy (non-hydrogen) atoms. The number of hydrogen-bond acceptors (Lipinski definition) is 7. The van der Waals surface area contributed by atoms with E-state index >= 15 is 0 Å². The highest BCUT2D eigenvalue weighted by Crippen LogP contribution is 2.41. The number of hydrogen-bond donors (Lipinski definition) is 2. The summed E-state index contributed by atoms with van der Waals surface area (Å²) >= 11 is 1.87. The lowest BCUT2D eigenvalue weighted by Gasteiger charge is -2.23. The summed E-state index contributed by atoms with van der Waals surface area (Å²) in [7, 11) is 1.57. The van der Waals surface area contributed by atoms with Crippen molar-refractivity contribution in [2.45, 2.75) is 53.6 Å². The SMILES string of the molecule is CCN(CC)C(=O)Nc1c(C/C=C(\C)CC(CCN2CCSC2)C(=O)O)c(OC)c(C)c2c1C(=O)OC2. The number of carboxylic acid groups (broad SMARTS) is 1. The summed E-state index contributed by atoms with van der Waals surface area (Å²) in [5.74, 6) is 0.922. The second-order valence-electron chi connectivity index (χ2n) is 9.48. The number of aliphatic carboxylic acids is 1. The fourth-order valence-electron chi connectivity index (χ4n) is 4.92. The number of benzene rings is 1. The number of rotatable bonds is 12. The van der Waals surface area contributed by atoms with E-state index in [-0.39, 0.29) is 12.6 Å². The van der Waals surface area contributed by atoms with Crippen molar-refractivity contribution in [3.05, 3.63) is 33.9 Å². The molecule has 1 unspecified atom stereocenters. The number of carbonyl (C=O) groups is 3. The molecule has 1 saturated heterocycles. The van der Waals surface area contributed by atoms with Crippen LogP contribution in [-0.2, 0) is 22.6 Å². The van der Waals surface area contributed by atoms with E-state index < -0.39 is 17.9 Å². The Bertz CT molecular complexity index is 1050. The Labute approximate surface area is 223 Å². The normalized spacial score (nSPS) is 16.4. The molecule has 2 aliphatic rings. The summed E-state index contributed by atoms with van der Waals surface area (Å²) in [6.07, 6.45) is 3.38. The van der Waals surface area contributed by atoms with Crippen LogP contribution in [0.15, 0.2) is 11.6 Å². The van der Waals surface area contributed by atoms with Crippen molar-refractivity contribution >= 4 is 35.4 Å². The van der Waals surface area contributed by atoms with Gasteiger partial charge in [-0.25, -0.2) is 9.59 Å². The number of fused-ring (bicyclic) bond motifs is 1. The maximum atomic E-state index is 13.0. The highest BCUT2D eigenvalue weighted by atomic mass is 32.2. The Balaban J connectivity index is 1.89. The van der Waals surface area contributed by atoms with Crippen molar-refractivity contribution in [1.29, 1.82) is 0 Å². The third kappa shape index (κ3) is 6.78. The summed E-state index contributed by atoms with van der Waals surface area (Å²) < 4.78 is 11.1. The van der Waals surface area contributed by atoms with Crippen LogP contribution in [0.1, 0.15) is 60.7 Å². The molecule has 9 nitrogen and oxygen atoms in total. The number of anilines is 1. The largest absolute Gasteiger partial charge is 0.496 e. The molecule has 204 valence electrons. The van der Waals surface area contributed by atoms with Crippen molar-refractivity contribution in [3.63, 3.8) is 0 Å². The Morgan fingerprint density at radius 3 is 2.65 bits per heavy atom. The first-order chi connectivity index (χ1) is 17.7. The lowest BCUT2D eigenvalue weighted by Crippen LogP contribution is -2.35. The number of ether oxygens (including phenoxy) is 2. The van der Waals surface area contributed by atoms with Gasteiger partial charge in [0.25, 0.3) is 0 Å². The predicted molar refractivity (Wildman–Crippen MR) is 146 cm³/mol. The minimum atomic E-state index is -0.791. The third-order valence-electron chi connectivity index (χ3n) is 7.15. The monoisotopic (exact) mass is 533 g/mol. The molecule has 2 N–H and O–H groups in total. The van der Waals surface area contributed by atoms with Crippen molar-refractivity contribution < 1.29 is 29.0 Å². The number of allylic oxidation sites excluding steroid dienone is 2. The smallest absolute Gasteiger partial charge is 0.341 e. The van der Waals surface area contributed by atoms with E-state index in [9.17, 15) is 19.5 Å². The molecule has 1 fully saturated rings. The standard InChI is InChI=1S/C27H39N3O6S/c1-6-30(7-2)27(34)28-23-20(24(35-5)18(4)21-15-36-26(33)22(21)23)9-8-17(3)14-19(25(31)32)10-11-29-12-13-37-16-29/h8,19H,6-7,9-16H2,1-5H3,(H,28,34)(H,31,32)/b17-8+. The lowest BCUT2D eigenvalue weighted by atomic mass is 9.92. The van der Waals surface area contributed by atoms with Gasteiger partial charge in [0.1, 0.15) is 12.4 Å². The van der Waals surface area contributed by atoms with Crippen molar-refractivity contribution in [1.82, 2.24) is 9.80 Å². The van der Waals surface area contributed by atoms with Crippen LogP contribution in [0, 0.1) is 12.8 Å². The average Bonchev–Trinajstić information content (AvgIpc) is 3.53. The van der Waals surface area contributed by atoms with Gasteiger partial charge in [-0.3, -0.25) is 9.69 Å². The van der Waals surface area contributed by atoms with Crippen molar-refractivity contribution in [3.8, 4) is 5.75 Å². The summed E-state index contributed by atoms with van der Waals surface area (Å²) in [5.41, 5.74) is 3.91. The first-order valence-electron chi connectivity index (χ1n) is 12.9. The average molecular weight is 534 g/mol. The molecule has 0 saturated carbocycles. The highest BCUT2D eigenvalue weighted by Gasteiger charge is 2.33. The van der Waals surface area contributed by atoms with Crippen molar-refractivity contribution in [2.24, 2.45) is 5.92 Å². The van der Waals surface area contributed by atoms with Crippen molar-refractivity contribution in [2.75, 3.05) is 50.2 Å². The van der Waals surface area contributed by atoms with Crippen LogP contribution in [0.5, 0.6) is 5.75 Å². The molecule has 0 bridgehead atoms. The number of amides is 2.